The highest BCUT2D eigenvalue weighted by Crippen LogP contribution is 2.65. The van der Waals surface area contributed by atoms with E-state index in [1.807, 2.05) is 11.9 Å². The molecule has 0 aromatic carbocycles. The highest BCUT2D eigenvalue weighted by molar-refractivity contribution is 5.52. The first-order valence-corrected chi connectivity index (χ1v) is 11.5. The van der Waals surface area contributed by atoms with Crippen LogP contribution in [0.3, 0.4) is 0 Å². The van der Waals surface area contributed by atoms with Gasteiger partial charge in [-0.05, 0) is 94.7 Å². The SMILES string of the molecule is CC(C1=CC=C2[C@@H]3CCC4C[C@@H](N(C)C)CC[C@]4(C)C3CC[C@]12C)N(C)C=O. The van der Waals surface area contributed by atoms with Crippen LogP contribution in [0.4, 0.5) is 0 Å². The molecule has 0 saturated heterocycles. The smallest absolute Gasteiger partial charge is 0.209 e. The predicted octanol–water partition coefficient (Wildman–Crippen LogP) is 4.89. The van der Waals surface area contributed by atoms with Gasteiger partial charge in [0.2, 0.25) is 6.41 Å². The fourth-order valence-electron chi connectivity index (χ4n) is 7.64. The zero-order valence-corrected chi connectivity index (χ0v) is 18.9. The molecule has 4 aliphatic rings. The van der Waals surface area contributed by atoms with Gasteiger partial charge in [0.05, 0.1) is 6.04 Å². The van der Waals surface area contributed by atoms with Crippen molar-refractivity contribution in [3.63, 3.8) is 0 Å². The van der Waals surface area contributed by atoms with Gasteiger partial charge in [0, 0.05) is 18.5 Å². The van der Waals surface area contributed by atoms with Gasteiger partial charge in [0.1, 0.15) is 0 Å². The van der Waals surface area contributed by atoms with Crippen LogP contribution in [0, 0.1) is 28.6 Å². The summed E-state index contributed by atoms with van der Waals surface area (Å²) in [4.78, 5) is 15.6. The minimum absolute atomic E-state index is 0.169. The van der Waals surface area contributed by atoms with Crippen molar-refractivity contribution in [3.05, 3.63) is 23.3 Å². The van der Waals surface area contributed by atoms with Crippen LogP contribution >= 0.6 is 0 Å². The third-order valence-corrected chi connectivity index (χ3v) is 9.69. The highest BCUT2D eigenvalue weighted by atomic mass is 16.1. The van der Waals surface area contributed by atoms with E-state index >= 15 is 0 Å². The van der Waals surface area contributed by atoms with Crippen LogP contribution in [0.5, 0.6) is 0 Å². The summed E-state index contributed by atoms with van der Waals surface area (Å²) in [5.41, 5.74) is 3.84. The standard InChI is InChI=1S/C25H40N2O/c1-17(27(6)16-28)21-9-10-22-20-8-7-18-15-19(26(4)5)11-13-24(18,2)23(20)12-14-25(21,22)3/h9-10,16-20,23H,7-8,11-15H2,1-6H3/t17?,18?,19-,20-,23?,24-,25+/m0/s1. The van der Waals surface area contributed by atoms with E-state index in [1.54, 1.807) is 5.57 Å². The molecule has 7 atom stereocenters. The van der Waals surface area contributed by atoms with E-state index < -0.39 is 0 Å². The first kappa shape index (κ1) is 20.2. The maximum atomic E-state index is 11.3. The molecule has 156 valence electrons. The Labute approximate surface area is 172 Å². The zero-order valence-electron chi connectivity index (χ0n) is 18.9. The number of carbonyl (C=O) groups is 1. The van der Waals surface area contributed by atoms with Crippen LogP contribution in [0.1, 0.15) is 65.7 Å². The summed E-state index contributed by atoms with van der Waals surface area (Å²) in [6.07, 6.45) is 15.3. The summed E-state index contributed by atoms with van der Waals surface area (Å²) in [5.74, 6) is 2.49. The number of fused-ring (bicyclic) bond motifs is 5. The highest BCUT2D eigenvalue weighted by Gasteiger charge is 2.56. The van der Waals surface area contributed by atoms with Crippen LogP contribution in [0.15, 0.2) is 23.3 Å². The third-order valence-electron chi connectivity index (χ3n) is 9.69. The molecule has 0 radical (unpaired) electrons. The average molecular weight is 385 g/mol. The van der Waals surface area contributed by atoms with Gasteiger partial charge in [-0.2, -0.15) is 0 Å². The average Bonchev–Trinajstić information content (AvgIpc) is 3.03. The van der Waals surface area contributed by atoms with Crippen LogP contribution in [-0.4, -0.2) is 49.4 Å². The van der Waals surface area contributed by atoms with E-state index in [0.29, 0.717) is 5.41 Å². The summed E-state index contributed by atoms with van der Waals surface area (Å²) < 4.78 is 0. The second-order valence-corrected chi connectivity index (χ2v) is 10.9. The molecule has 3 fully saturated rings. The van der Waals surface area contributed by atoms with Gasteiger partial charge in [-0.3, -0.25) is 4.79 Å². The Balaban J connectivity index is 1.56. The van der Waals surface area contributed by atoms with E-state index in [0.717, 1.165) is 30.2 Å². The van der Waals surface area contributed by atoms with Crippen molar-refractivity contribution in [3.8, 4) is 0 Å². The lowest BCUT2D eigenvalue weighted by atomic mass is 9.45. The summed E-state index contributed by atoms with van der Waals surface area (Å²) >= 11 is 0. The van der Waals surface area contributed by atoms with Crippen molar-refractivity contribution in [2.75, 3.05) is 21.1 Å². The number of carbonyl (C=O) groups excluding carboxylic acids is 1. The van der Waals surface area contributed by atoms with Gasteiger partial charge in [0.25, 0.3) is 0 Å². The van der Waals surface area contributed by atoms with Crippen LogP contribution in [0.25, 0.3) is 0 Å². The number of hydrogen-bond donors (Lipinski definition) is 0. The monoisotopic (exact) mass is 384 g/mol. The Morgan fingerprint density at radius 3 is 2.50 bits per heavy atom. The van der Waals surface area contributed by atoms with Gasteiger partial charge >= 0.3 is 0 Å². The molecule has 0 spiro atoms. The molecule has 3 saturated carbocycles. The lowest BCUT2D eigenvalue weighted by Crippen LogP contribution is -2.53. The molecule has 28 heavy (non-hydrogen) atoms. The molecule has 1 amide bonds. The molecule has 0 aromatic heterocycles. The quantitative estimate of drug-likeness (QED) is 0.644. The Bertz CT molecular complexity index is 695. The van der Waals surface area contributed by atoms with Crippen LogP contribution < -0.4 is 0 Å². The second kappa shape index (κ2) is 7.00. The molecule has 3 heteroatoms. The zero-order chi connectivity index (χ0) is 20.3. The first-order valence-electron chi connectivity index (χ1n) is 11.5. The maximum absolute atomic E-state index is 11.3. The molecule has 3 unspecified atom stereocenters. The molecule has 0 heterocycles. The van der Waals surface area contributed by atoms with E-state index in [9.17, 15) is 4.79 Å². The summed E-state index contributed by atoms with van der Waals surface area (Å²) in [6, 6.07) is 0.970. The van der Waals surface area contributed by atoms with E-state index in [4.69, 9.17) is 0 Å². The molecule has 0 aliphatic heterocycles. The number of rotatable bonds is 4. The third kappa shape index (κ3) is 2.83. The van der Waals surface area contributed by atoms with E-state index in [2.05, 4.69) is 51.9 Å². The first-order chi connectivity index (χ1) is 13.2. The van der Waals surface area contributed by atoms with Crippen molar-refractivity contribution in [2.24, 2.45) is 28.6 Å². The number of likely N-dealkylation sites (N-methyl/N-ethyl adjacent to an activating group) is 1. The minimum atomic E-state index is 0.169. The Morgan fingerprint density at radius 2 is 1.82 bits per heavy atom. The van der Waals surface area contributed by atoms with Gasteiger partial charge in [-0.15, -0.1) is 0 Å². The minimum Gasteiger partial charge on any atom is -0.342 e. The fraction of sp³-hybridized carbons (Fsp3) is 0.800. The Kier molecular flexibility index (Phi) is 5.05. The largest absolute Gasteiger partial charge is 0.342 e. The second-order valence-electron chi connectivity index (χ2n) is 10.9. The Hall–Kier alpha value is -1.09. The van der Waals surface area contributed by atoms with Crippen LogP contribution in [0.2, 0.25) is 0 Å². The molecular formula is C25H40N2O. The van der Waals surface area contributed by atoms with E-state index in [1.165, 1.54) is 50.5 Å². The van der Waals surface area contributed by atoms with Crippen molar-refractivity contribution in [1.82, 2.24) is 9.80 Å². The van der Waals surface area contributed by atoms with E-state index in [-0.39, 0.29) is 11.5 Å². The van der Waals surface area contributed by atoms with Gasteiger partial charge in [-0.1, -0.05) is 31.6 Å². The molecule has 4 rings (SSSR count). The fourth-order valence-corrected chi connectivity index (χ4v) is 7.64. The maximum Gasteiger partial charge on any atom is 0.209 e. The van der Waals surface area contributed by atoms with Crippen molar-refractivity contribution >= 4 is 6.41 Å². The van der Waals surface area contributed by atoms with Gasteiger partial charge in [-0.25, -0.2) is 0 Å². The topological polar surface area (TPSA) is 23.6 Å². The Morgan fingerprint density at radius 1 is 1.07 bits per heavy atom. The molecule has 3 nitrogen and oxygen atoms in total. The predicted molar refractivity (Wildman–Crippen MR) is 116 cm³/mol. The lowest BCUT2D eigenvalue weighted by molar-refractivity contribution is -0.118. The van der Waals surface area contributed by atoms with Crippen molar-refractivity contribution < 1.29 is 4.79 Å². The summed E-state index contributed by atoms with van der Waals surface area (Å²) in [5, 5.41) is 0. The summed E-state index contributed by atoms with van der Waals surface area (Å²) in [6.45, 7) is 7.28. The van der Waals surface area contributed by atoms with Crippen LogP contribution in [-0.2, 0) is 4.79 Å². The molecule has 0 N–H and O–H groups in total. The molecular weight excluding hydrogens is 344 g/mol. The lowest BCUT2D eigenvalue weighted by Gasteiger charge is -2.60. The number of hydrogen-bond acceptors (Lipinski definition) is 2. The summed E-state index contributed by atoms with van der Waals surface area (Å²) in [7, 11) is 6.44. The number of allylic oxidation sites excluding steroid dienone is 3. The van der Waals surface area contributed by atoms with Crippen molar-refractivity contribution in [1.29, 1.82) is 0 Å². The molecule has 4 aliphatic carbocycles. The van der Waals surface area contributed by atoms with Crippen molar-refractivity contribution in [2.45, 2.75) is 77.8 Å². The normalized spacial score (nSPS) is 43.4. The number of amides is 1. The van der Waals surface area contributed by atoms with Gasteiger partial charge in [0.15, 0.2) is 0 Å². The molecule has 0 aromatic rings. The number of nitrogens with zero attached hydrogens (tertiary/aromatic N) is 2. The molecule has 0 bridgehead atoms. The van der Waals surface area contributed by atoms with Gasteiger partial charge < -0.3 is 9.80 Å².